The maximum absolute atomic E-state index is 11.6. The van der Waals surface area contributed by atoms with Crippen LogP contribution in [0.5, 0.6) is 0 Å². The first kappa shape index (κ1) is 17.0. The average molecular weight is 294 g/mol. The standard InChI is InChI=1S/C15H21NO5/c1-9-5-7-10(8-6-9)12(17)11(13(18)19)16-14(20)21-15(2,3)4/h5-8,11-12,17H,1-4H3,(H,16,20)(H,18,19)/p-1/t11-,12-/m0/s1. The van der Waals surface area contributed by atoms with Gasteiger partial charge in [-0.25, -0.2) is 4.79 Å². The molecule has 2 N–H and O–H groups in total. The van der Waals surface area contributed by atoms with Gasteiger partial charge in [0.2, 0.25) is 0 Å². The molecule has 6 heteroatoms. The number of carbonyl (C=O) groups is 2. The lowest BCUT2D eigenvalue weighted by Gasteiger charge is -2.27. The number of aliphatic hydroxyl groups excluding tert-OH is 1. The molecule has 0 radical (unpaired) electrons. The van der Waals surface area contributed by atoms with Crippen molar-refractivity contribution in [3.05, 3.63) is 35.4 Å². The summed E-state index contributed by atoms with van der Waals surface area (Å²) < 4.78 is 4.97. The number of nitrogens with one attached hydrogen (secondary N) is 1. The summed E-state index contributed by atoms with van der Waals surface area (Å²) in [6.45, 7) is 6.82. The van der Waals surface area contributed by atoms with Crippen molar-refractivity contribution in [1.82, 2.24) is 5.32 Å². The van der Waals surface area contributed by atoms with Crippen LogP contribution in [0.15, 0.2) is 24.3 Å². The van der Waals surface area contributed by atoms with Crippen LogP contribution in [0.3, 0.4) is 0 Å². The van der Waals surface area contributed by atoms with Gasteiger partial charge in [-0.05, 0) is 33.3 Å². The van der Waals surface area contributed by atoms with Crippen LogP contribution in [0.4, 0.5) is 4.79 Å². The summed E-state index contributed by atoms with van der Waals surface area (Å²) in [5.74, 6) is -1.59. The first-order valence-electron chi connectivity index (χ1n) is 6.55. The molecule has 6 nitrogen and oxygen atoms in total. The minimum absolute atomic E-state index is 0.367. The van der Waals surface area contributed by atoms with Crippen molar-refractivity contribution in [3.8, 4) is 0 Å². The Kier molecular flexibility index (Phi) is 5.32. The van der Waals surface area contributed by atoms with Gasteiger partial charge in [-0.15, -0.1) is 0 Å². The zero-order chi connectivity index (χ0) is 16.2. The van der Waals surface area contributed by atoms with Gasteiger partial charge in [-0.3, -0.25) is 0 Å². The highest BCUT2D eigenvalue weighted by molar-refractivity contribution is 5.79. The monoisotopic (exact) mass is 294 g/mol. The lowest BCUT2D eigenvalue weighted by Crippen LogP contribution is -2.52. The molecule has 1 aromatic rings. The summed E-state index contributed by atoms with van der Waals surface area (Å²) in [6, 6.07) is 5.05. The number of ether oxygens (including phenoxy) is 1. The van der Waals surface area contributed by atoms with E-state index in [1.165, 1.54) is 0 Å². The largest absolute Gasteiger partial charge is 0.548 e. The van der Waals surface area contributed by atoms with Crippen LogP contribution < -0.4 is 10.4 Å². The highest BCUT2D eigenvalue weighted by Crippen LogP contribution is 2.18. The van der Waals surface area contributed by atoms with Crippen molar-refractivity contribution in [2.24, 2.45) is 0 Å². The molecular formula is C15H20NO5-. The predicted molar refractivity (Wildman–Crippen MR) is 74.3 cm³/mol. The second-order valence-electron chi connectivity index (χ2n) is 5.80. The van der Waals surface area contributed by atoms with E-state index in [1.807, 2.05) is 6.92 Å². The Balaban J connectivity index is 2.84. The van der Waals surface area contributed by atoms with E-state index in [0.717, 1.165) is 5.56 Å². The number of alkyl carbamates (subject to hydrolysis) is 1. The first-order valence-corrected chi connectivity index (χ1v) is 6.55. The average Bonchev–Trinajstić information content (AvgIpc) is 2.33. The predicted octanol–water partition coefficient (Wildman–Crippen LogP) is 0.672. The second-order valence-corrected chi connectivity index (χ2v) is 5.80. The number of aliphatic carboxylic acids is 1. The number of aryl methyl sites for hydroxylation is 1. The van der Waals surface area contributed by atoms with E-state index in [1.54, 1.807) is 45.0 Å². The number of carboxylic acid groups (broad SMARTS) is 1. The maximum Gasteiger partial charge on any atom is 0.408 e. The maximum atomic E-state index is 11.6. The molecule has 0 aromatic heterocycles. The van der Waals surface area contributed by atoms with Gasteiger partial charge >= 0.3 is 6.09 Å². The van der Waals surface area contributed by atoms with Gasteiger partial charge in [0.15, 0.2) is 0 Å². The van der Waals surface area contributed by atoms with Crippen LogP contribution >= 0.6 is 0 Å². The molecule has 0 aliphatic carbocycles. The number of amides is 1. The van der Waals surface area contributed by atoms with E-state index in [-0.39, 0.29) is 0 Å². The summed E-state index contributed by atoms with van der Waals surface area (Å²) in [5, 5.41) is 23.4. The Bertz CT molecular complexity index is 504. The van der Waals surface area contributed by atoms with Crippen molar-refractivity contribution in [1.29, 1.82) is 0 Å². The third-order valence-electron chi connectivity index (χ3n) is 2.66. The number of aliphatic hydroxyl groups is 1. The SMILES string of the molecule is Cc1ccc([C@H](O)[C@H](NC(=O)OC(C)(C)C)C(=O)[O-])cc1. The van der Waals surface area contributed by atoms with Crippen LogP contribution in [0, 0.1) is 6.92 Å². The third-order valence-corrected chi connectivity index (χ3v) is 2.66. The Labute approximate surface area is 123 Å². The van der Waals surface area contributed by atoms with E-state index in [2.05, 4.69) is 5.32 Å². The highest BCUT2D eigenvalue weighted by Gasteiger charge is 2.26. The van der Waals surface area contributed by atoms with Crippen LogP contribution in [-0.4, -0.2) is 28.8 Å². The molecule has 0 spiro atoms. The Morgan fingerprint density at radius 3 is 2.19 bits per heavy atom. The lowest BCUT2D eigenvalue weighted by molar-refractivity contribution is -0.310. The van der Waals surface area contributed by atoms with E-state index in [4.69, 9.17) is 4.74 Å². The van der Waals surface area contributed by atoms with Gasteiger partial charge in [0.05, 0.1) is 5.97 Å². The number of carboxylic acids is 1. The number of benzene rings is 1. The minimum Gasteiger partial charge on any atom is -0.548 e. The van der Waals surface area contributed by atoms with Gasteiger partial charge in [-0.2, -0.15) is 0 Å². The molecule has 1 aromatic carbocycles. The summed E-state index contributed by atoms with van der Waals surface area (Å²) in [7, 11) is 0. The van der Waals surface area contributed by atoms with Crippen molar-refractivity contribution in [2.45, 2.75) is 45.4 Å². The van der Waals surface area contributed by atoms with Crippen molar-refractivity contribution in [2.75, 3.05) is 0 Å². The Morgan fingerprint density at radius 2 is 1.76 bits per heavy atom. The molecule has 0 aliphatic rings. The minimum atomic E-state index is -1.59. The molecule has 0 heterocycles. The Hall–Kier alpha value is -2.08. The van der Waals surface area contributed by atoms with Crippen LogP contribution in [0.2, 0.25) is 0 Å². The molecule has 1 rings (SSSR count). The van der Waals surface area contributed by atoms with Crippen molar-refractivity contribution >= 4 is 12.1 Å². The fraction of sp³-hybridized carbons (Fsp3) is 0.467. The van der Waals surface area contributed by atoms with Crippen LogP contribution in [0.1, 0.15) is 38.0 Å². The molecule has 0 saturated carbocycles. The zero-order valence-corrected chi connectivity index (χ0v) is 12.5. The first-order chi connectivity index (χ1) is 9.60. The van der Waals surface area contributed by atoms with Crippen molar-refractivity contribution < 1.29 is 24.5 Å². The molecule has 0 fully saturated rings. The molecule has 0 unspecified atom stereocenters. The number of carbonyl (C=O) groups excluding carboxylic acids is 2. The molecule has 21 heavy (non-hydrogen) atoms. The third kappa shape index (κ3) is 5.43. The van der Waals surface area contributed by atoms with Crippen LogP contribution in [0.25, 0.3) is 0 Å². The normalized spacial score (nSPS) is 14.1. The molecule has 1 amide bonds. The number of hydrogen-bond acceptors (Lipinski definition) is 5. The van der Waals surface area contributed by atoms with Crippen molar-refractivity contribution in [3.63, 3.8) is 0 Å². The summed E-state index contributed by atoms with van der Waals surface area (Å²) in [4.78, 5) is 22.8. The molecule has 0 saturated heterocycles. The highest BCUT2D eigenvalue weighted by atomic mass is 16.6. The van der Waals surface area contributed by atoms with Gasteiger partial charge < -0.3 is 25.1 Å². The number of hydrogen-bond donors (Lipinski definition) is 2. The van der Waals surface area contributed by atoms with E-state index in [0.29, 0.717) is 5.56 Å². The van der Waals surface area contributed by atoms with Gasteiger partial charge in [0, 0.05) is 0 Å². The molecule has 2 atom stereocenters. The van der Waals surface area contributed by atoms with E-state index < -0.39 is 29.8 Å². The second kappa shape index (κ2) is 6.58. The quantitative estimate of drug-likeness (QED) is 0.850. The Morgan fingerprint density at radius 1 is 1.24 bits per heavy atom. The van der Waals surface area contributed by atoms with Crippen LogP contribution in [-0.2, 0) is 9.53 Å². The number of rotatable bonds is 4. The van der Waals surface area contributed by atoms with Gasteiger partial charge in [0.25, 0.3) is 0 Å². The van der Waals surface area contributed by atoms with Gasteiger partial charge in [-0.1, -0.05) is 29.8 Å². The zero-order valence-electron chi connectivity index (χ0n) is 12.5. The fourth-order valence-electron chi connectivity index (χ4n) is 1.66. The van der Waals surface area contributed by atoms with Gasteiger partial charge in [0.1, 0.15) is 17.7 Å². The molecule has 0 aliphatic heterocycles. The molecular weight excluding hydrogens is 274 g/mol. The summed E-state index contributed by atoms with van der Waals surface area (Å²) in [6.07, 6.45) is -2.36. The molecule has 0 bridgehead atoms. The van der Waals surface area contributed by atoms with E-state index in [9.17, 15) is 19.8 Å². The summed E-state index contributed by atoms with van der Waals surface area (Å²) >= 11 is 0. The summed E-state index contributed by atoms with van der Waals surface area (Å²) in [5.41, 5.74) is 0.567. The van der Waals surface area contributed by atoms with E-state index >= 15 is 0 Å². The smallest absolute Gasteiger partial charge is 0.408 e. The topological polar surface area (TPSA) is 98.7 Å². The lowest BCUT2D eigenvalue weighted by atomic mass is 10.0. The molecule has 116 valence electrons. The fourth-order valence-corrected chi connectivity index (χ4v) is 1.66.